The fourth-order valence-corrected chi connectivity index (χ4v) is 2.48. The van der Waals surface area contributed by atoms with Crippen molar-refractivity contribution in [3.8, 4) is 0 Å². The largest absolute Gasteiger partial charge is 0.481 e. The minimum absolute atomic E-state index is 0.0990. The molecule has 2 N–H and O–H groups in total. The average Bonchev–Trinajstić information content (AvgIpc) is 2.89. The molecule has 1 saturated carbocycles. The van der Waals surface area contributed by atoms with E-state index < -0.39 is 47.0 Å². The molecule has 0 aromatic heterocycles. The van der Waals surface area contributed by atoms with Gasteiger partial charge in [-0.3, -0.25) is 9.59 Å². The van der Waals surface area contributed by atoms with E-state index in [1.165, 1.54) is 0 Å². The molecule has 0 aliphatic heterocycles. The summed E-state index contributed by atoms with van der Waals surface area (Å²) in [5.74, 6) is -3.95. The molecular formula is C14H13F4NO3. The standard InChI is InChI=1S/C14H13F4NO3/c15-10-4-3-9(14(16,17)18)6-11(10)19-12(20)7-1-2-8(5-7)13(21)22/h3-4,6-8H,1-2,5H2,(H,19,20)(H,21,22)/t7-,8+/m0/s1. The van der Waals surface area contributed by atoms with Gasteiger partial charge < -0.3 is 10.4 Å². The van der Waals surface area contributed by atoms with Crippen LogP contribution in [0.3, 0.4) is 0 Å². The highest BCUT2D eigenvalue weighted by Crippen LogP contribution is 2.34. The summed E-state index contributed by atoms with van der Waals surface area (Å²) in [6.45, 7) is 0. The first-order valence-corrected chi connectivity index (χ1v) is 6.59. The summed E-state index contributed by atoms with van der Waals surface area (Å²) in [6.07, 6.45) is -3.92. The molecule has 1 aromatic carbocycles. The van der Waals surface area contributed by atoms with Gasteiger partial charge in [0.15, 0.2) is 0 Å². The van der Waals surface area contributed by atoms with Crippen LogP contribution in [0.25, 0.3) is 0 Å². The number of carbonyl (C=O) groups is 2. The molecule has 120 valence electrons. The van der Waals surface area contributed by atoms with E-state index in [0.29, 0.717) is 31.0 Å². The van der Waals surface area contributed by atoms with E-state index in [1.807, 2.05) is 0 Å². The Hall–Kier alpha value is -2.12. The minimum Gasteiger partial charge on any atom is -0.481 e. The molecule has 1 fully saturated rings. The highest BCUT2D eigenvalue weighted by atomic mass is 19.4. The van der Waals surface area contributed by atoms with Crippen LogP contribution in [0.5, 0.6) is 0 Å². The van der Waals surface area contributed by atoms with Crippen LogP contribution in [0, 0.1) is 17.7 Å². The van der Waals surface area contributed by atoms with Crippen LogP contribution in [0.15, 0.2) is 18.2 Å². The Morgan fingerprint density at radius 1 is 1.18 bits per heavy atom. The van der Waals surface area contributed by atoms with E-state index in [-0.39, 0.29) is 6.42 Å². The van der Waals surface area contributed by atoms with E-state index in [0.717, 1.165) is 0 Å². The van der Waals surface area contributed by atoms with Crippen LogP contribution in [-0.4, -0.2) is 17.0 Å². The normalized spacial score (nSPS) is 21.6. The number of hydrogen-bond donors (Lipinski definition) is 2. The molecule has 0 bridgehead atoms. The predicted octanol–water partition coefficient (Wildman–Crippen LogP) is 3.28. The summed E-state index contributed by atoms with van der Waals surface area (Å²) in [7, 11) is 0. The van der Waals surface area contributed by atoms with Gasteiger partial charge in [-0.25, -0.2) is 4.39 Å². The van der Waals surface area contributed by atoms with Gasteiger partial charge in [-0.15, -0.1) is 0 Å². The number of amides is 1. The molecule has 0 saturated heterocycles. The molecule has 0 spiro atoms. The molecule has 2 atom stereocenters. The number of alkyl halides is 3. The third-order valence-electron chi connectivity index (χ3n) is 3.70. The first-order chi connectivity index (χ1) is 10.2. The summed E-state index contributed by atoms with van der Waals surface area (Å²) in [4.78, 5) is 22.8. The van der Waals surface area contributed by atoms with Gasteiger partial charge in [0, 0.05) is 5.92 Å². The number of carboxylic acids is 1. The summed E-state index contributed by atoms with van der Waals surface area (Å²) in [5, 5.41) is 11.0. The molecule has 0 radical (unpaired) electrons. The van der Waals surface area contributed by atoms with Gasteiger partial charge in [0.2, 0.25) is 5.91 Å². The lowest BCUT2D eigenvalue weighted by Gasteiger charge is -2.13. The van der Waals surface area contributed by atoms with Crippen molar-refractivity contribution in [1.29, 1.82) is 0 Å². The van der Waals surface area contributed by atoms with Gasteiger partial charge in [-0.1, -0.05) is 0 Å². The summed E-state index contributed by atoms with van der Waals surface area (Å²) < 4.78 is 51.3. The van der Waals surface area contributed by atoms with E-state index in [4.69, 9.17) is 5.11 Å². The number of benzene rings is 1. The molecule has 2 rings (SSSR count). The SMILES string of the molecule is O=C(O)[C@@H]1CC[C@H](C(=O)Nc2cc(C(F)(F)F)ccc2F)C1. The number of aliphatic carboxylic acids is 1. The Balaban J connectivity index is 2.10. The van der Waals surface area contributed by atoms with E-state index in [9.17, 15) is 27.2 Å². The zero-order chi connectivity index (χ0) is 16.5. The topological polar surface area (TPSA) is 66.4 Å². The van der Waals surface area contributed by atoms with Crippen LogP contribution >= 0.6 is 0 Å². The van der Waals surface area contributed by atoms with E-state index in [2.05, 4.69) is 5.32 Å². The fraction of sp³-hybridized carbons (Fsp3) is 0.429. The summed E-state index contributed by atoms with van der Waals surface area (Å²) >= 11 is 0. The molecule has 1 amide bonds. The Kier molecular flexibility index (Phi) is 4.39. The van der Waals surface area contributed by atoms with Crippen molar-refractivity contribution < 1.29 is 32.3 Å². The second-order valence-corrected chi connectivity index (χ2v) is 5.23. The average molecular weight is 319 g/mol. The predicted molar refractivity (Wildman–Crippen MR) is 68.5 cm³/mol. The van der Waals surface area contributed by atoms with Crippen LogP contribution in [-0.2, 0) is 15.8 Å². The minimum atomic E-state index is -4.64. The van der Waals surface area contributed by atoms with Crippen LogP contribution in [0.4, 0.5) is 23.2 Å². The van der Waals surface area contributed by atoms with Crippen molar-refractivity contribution in [2.24, 2.45) is 11.8 Å². The zero-order valence-corrected chi connectivity index (χ0v) is 11.3. The van der Waals surface area contributed by atoms with Crippen LogP contribution in [0.2, 0.25) is 0 Å². The van der Waals surface area contributed by atoms with Crippen molar-refractivity contribution in [2.45, 2.75) is 25.4 Å². The Morgan fingerprint density at radius 3 is 2.36 bits per heavy atom. The fourth-order valence-electron chi connectivity index (χ4n) is 2.48. The molecule has 0 unspecified atom stereocenters. The molecular weight excluding hydrogens is 306 g/mol. The smallest absolute Gasteiger partial charge is 0.416 e. The highest BCUT2D eigenvalue weighted by molar-refractivity contribution is 5.93. The molecule has 1 aromatic rings. The van der Waals surface area contributed by atoms with Gasteiger partial charge in [0.1, 0.15) is 5.82 Å². The molecule has 8 heteroatoms. The van der Waals surface area contributed by atoms with Crippen molar-refractivity contribution in [2.75, 3.05) is 5.32 Å². The van der Waals surface area contributed by atoms with Crippen LogP contribution in [0.1, 0.15) is 24.8 Å². The number of nitrogens with one attached hydrogen (secondary N) is 1. The Labute approximate surface area is 123 Å². The quantitative estimate of drug-likeness (QED) is 0.840. The molecule has 0 heterocycles. The van der Waals surface area contributed by atoms with E-state index >= 15 is 0 Å². The van der Waals surface area contributed by atoms with Crippen LogP contribution < -0.4 is 5.32 Å². The summed E-state index contributed by atoms with van der Waals surface area (Å²) in [6, 6.07) is 1.74. The molecule has 1 aliphatic carbocycles. The first-order valence-electron chi connectivity index (χ1n) is 6.59. The van der Waals surface area contributed by atoms with Crippen molar-refractivity contribution in [3.63, 3.8) is 0 Å². The highest BCUT2D eigenvalue weighted by Gasteiger charge is 2.35. The number of rotatable bonds is 3. The lowest BCUT2D eigenvalue weighted by atomic mass is 10.0. The number of hydrogen-bond acceptors (Lipinski definition) is 2. The number of carbonyl (C=O) groups excluding carboxylic acids is 1. The lowest BCUT2D eigenvalue weighted by molar-refractivity contribution is -0.141. The van der Waals surface area contributed by atoms with Gasteiger partial charge in [-0.05, 0) is 37.5 Å². The number of halogens is 4. The summed E-state index contributed by atoms with van der Waals surface area (Å²) in [5.41, 5.74) is -1.63. The Bertz CT molecular complexity index is 600. The first kappa shape index (κ1) is 16.3. The van der Waals surface area contributed by atoms with Gasteiger partial charge in [0.25, 0.3) is 0 Å². The molecule has 4 nitrogen and oxygen atoms in total. The van der Waals surface area contributed by atoms with Crippen molar-refractivity contribution in [1.82, 2.24) is 0 Å². The molecule has 1 aliphatic rings. The maximum Gasteiger partial charge on any atom is 0.416 e. The van der Waals surface area contributed by atoms with Gasteiger partial charge in [-0.2, -0.15) is 13.2 Å². The number of anilines is 1. The Morgan fingerprint density at radius 2 is 1.82 bits per heavy atom. The maximum absolute atomic E-state index is 13.5. The maximum atomic E-state index is 13.5. The number of carboxylic acid groups (broad SMARTS) is 1. The second kappa shape index (κ2) is 5.94. The molecule has 22 heavy (non-hydrogen) atoms. The monoisotopic (exact) mass is 319 g/mol. The van der Waals surface area contributed by atoms with Gasteiger partial charge in [0.05, 0.1) is 17.2 Å². The third kappa shape index (κ3) is 3.55. The van der Waals surface area contributed by atoms with Crippen molar-refractivity contribution >= 4 is 17.6 Å². The zero-order valence-electron chi connectivity index (χ0n) is 11.3. The van der Waals surface area contributed by atoms with E-state index in [1.54, 1.807) is 0 Å². The second-order valence-electron chi connectivity index (χ2n) is 5.23. The van der Waals surface area contributed by atoms with Gasteiger partial charge >= 0.3 is 12.1 Å². The third-order valence-corrected chi connectivity index (χ3v) is 3.70. The lowest BCUT2D eigenvalue weighted by Crippen LogP contribution is -2.22. The van der Waals surface area contributed by atoms with Crippen molar-refractivity contribution in [3.05, 3.63) is 29.6 Å².